The molecule has 2 aromatic rings. The van der Waals surface area contributed by atoms with Crippen LogP contribution in [0, 0.1) is 3.57 Å². The monoisotopic (exact) mass is 455 g/mol. The van der Waals surface area contributed by atoms with Gasteiger partial charge in [0.2, 0.25) is 0 Å². The quantitative estimate of drug-likeness (QED) is 0.661. The largest absolute Gasteiger partial charge is 0.482 e. The summed E-state index contributed by atoms with van der Waals surface area (Å²) in [5.74, 6) is -0.431. The third kappa shape index (κ3) is 5.00. The molecule has 0 aliphatic rings. The van der Waals surface area contributed by atoms with E-state index < -0.39 is 24.3 Å². The molecule has 0 aliphatic heterocycles. The molecule has 0 aliphatic carbocycles. The summed E-state index contributed by atoms with van der Waals surface area (Å²) in [4.78, 5) is 11.8. The number of amides is 1. The third-order valence-electron chi connectivity index (χ3n) is 2.76. The normalized spacial score (nSPS) is 11.2. The van der Waals surface area contributed by atoms with Crippen LogP contribution < -0.4 is 10.1 Å². The maximum absolute atomic E-state index is 13.0. The zero-order valence-corrected chi connectivity index (χ0v) is 14.4. The standard InChI is InChI=1S/C15H10ClF3INO2/c16-11-3-1-2-4-13(11)23-8-14(22)21-12-6-5-9(20)7-10(12)15(17,18)19/h1-7H,8H2,(H,21,22). The number of nitrogens with one attached hydrogen (secondary N) is 1. The van der Waals surface area contributed by atoms with Crippen LogP contribution in [-0.4, -0.2) is 12.5 Å². The summed E-state index contributed by atoms with van der Waals surface area (Å²) in [6.45, 7) is -0.451. The highest BCUT2D eigenvalue weighted by molar-refractivity contribution is 14.1. The van der Waals surface area contributed by atoms with Crippen molar-refractivity contribution >= 4 is 45.8 Å². The molecule has 0 atom stereocenters. The number of rotatable bonds is 4. The van der Waals surface area contributed by atoms with Crippen LogP contribution in [-0.2, 0) is 11.0 Å². The summed E-state index contributed by atoms with van der Waals surface area (Å²) < 4.78 is 44.5. The van der Waals surface area contributed by atoms with Crippen molar-refractivity contribution in [1.29, 1.82) is 0 Å². The topological polar surface area (TPSA) is 38.3 Å². The van der Waals surface area contributed by atoms with E-state index in [0.29, 0.717) is 8.59 Å². The minimum absolute atomic E-state index is 0.281. The molecule has 8 heteroatoms. The van der Waals surface area contributed by atoms with Crippen molar-refractivity contribution in [2.24, 2.45) is 0 Å². The summed E-state index contributed by atoms with van der Waals surface area (Å²) in [6.07, 6.45) is -4.56. The van der Waals surface area contributed by atoms with Crippen LogP contribution in [0.25, 0.3) is 0 Å². The van der Waals surface area contributed by atoms with Gasteiger partial charge in [0, 0.05) is 3.57 Å². The molecule has 0 heterocycles. The van der Waals surface area contributed by atoms with Crippen LogP contribution in [0.4, 0.5) is 18.9 Å². The first-order chi connectivity index (χ1) is 10.8. The van der Waals surface area contributed by atoms with E-state index in [9.17, 15) is 18.0 Å². The van der Waals surface area contributed by atoms with Gasteiger partial charge in [-0.2, -0.15) is 13.2 Å². The van der Waals surface area contributed by atoms with E-state index >= 15 is 0 Å². The average molecular weight is 456 g/mol. The fraction of sp³-hybridized carbons (Fsp3) is 0.133. The summed E-state index contributed by atoms with van der Waals surface area (Å²) in [7, 11) is 0. The first kappa shape index (κ1) is 17.9. The highest BCUT2D eigenvalue weighted by atomic mass is 127. The van der Waals surface area contributed by atoms with Crippen molar-refractivity contribution in [3.63, 3.8) is 0 Å². The van der Waals surface area contributed by atoms with Crippen LogP contribution in [0.2, 0.25) is 5.02 Å². The van der Waals surface area contributed by atoms with Gasteiger partial charge in [0.1, 0.15) is 5.75 Å². The Morgan fingerprint density at radius 3 is 2.57 bits per heavy atom. The van der Waals surface area contributed by atoms with Gasteiger partial charge in [-0.25, -0.2) is 0 Å². The van der Waals surface area contributed by atoms with Crippen molar-refractivity contribution < 1.29 is 22.7 Å². The Morgan fingerprint density at radius 1 is 1.22 bits per heavy atom. The average Bonchev–Trinajstić information content (AvgIpc) is 2.47. The predicted molar refractivity (Wildman–Crippen MR) is 89.7 cm³/mol. The minimum atomic E-state index is -4.56. The number of carbonyl (C=O) groups is 1. The van der Waals surface area contributed by atoms with Crippen LogP contribution in [0.5, 0.6) is 5.75 Å². The lowest BCUT2D eigenvalue weighted by molar-refractivity contribution is -0.137. The fourth-order valence-corrected chi connectivity index (χ4v) is 2.43. The molecule has 0 fully saturated rings. The number of anilines is 1. The molecule has 2 aromatic carbocycles. The molecule has 3 nitrogen and oxygen atoms in total. The molecular weight excluding hydrogens is 446 g/mol. The molecule has 2 rings (SSSR count). The molecule has 23 heavy (non-hydrogen) atoms. The smallest absolute Gasteiger partial charge is 0.418 e. The maximum atomic E-state index is 13.0. The van der Waals surface area contributed by atoms with Gasteiger partial charge in [0.15, 0.2) is 6.61 Å². The number of ether oxygens (including phenoxy) is 1. The number of alkyl halides is 3. The Bertz CT molecular complexity index is 722. The van der Waals surface area contributed by atoms with Crippen molar-refractivity contribution in [3.8, 4) is 5.75 Å². The second-order valence-corrected chi connectivity index (χ2v) is 6.11. The molecule has 0 bridgehead atoms. The molecule has 1 N–H and O–H groups in total. The molecule has 122 valence electrons. The Hall–Kier alpha value is -1.48. The molecular formula is C15H10ClF3INO2. The van der Waals surface area contributed by atoms with E-state index in [1.165, 1.54) is 12.1 Å². The third-order valence-corrected chi connectivity index (χ3v) is 3.74. The number of carbonyl (C=O) groups excluding carboxylic acids is 1. The Kier molecular flexibility index (Phi) is 5.74. The van der Waals surface area contributed by atoms with Crippen molar-refractivity contribution in [2.45, 2.75) is 6.18 Å². The van der Waals surface area contributed by atoms with Gasteiger partial charge in [-0.05, 0) is 52.9 Å². The lowest BCUT2D eigenvalue weighted by atomic mass is 10.1. The van der Waals surface area contributed by atoms with Gasteiger partial charge in [-0.15, -0.1) is 0 Å². The van der Waals surface area contributed by atoms with E-state index in [-0.39, 0.29) is 11.4 Å². The summed E-state index contributed by atoms with van der Waals surface area (Å²) in [5.41, 5.74) is -1.22. The summed E-state index contributed by atoms with van der Waals surface area (Å²) in [6, 6.07) is 10.1. The van der Waals surface area contributed by atoms with E-state index in [4.69, 9.17) is 16.3 Å². The number of hydrogen-bond donors (Lipinski definition) is 1. The van der Waals surface area contributed by atoms with Crippen molar-refractivity contribution in [2.75, 3.05) is 11.9 Å². The summed E-state index contributed by atoms with van der Waals surface area (Å²) in [5, 5.41) is 2.51. The Morgan fingerprint density at radius 2 is 1.91 bits per heavy atom. The number of halogens is 5. The zero-order valence-electron chi connectivity index (χ0n) is 11.5. The first-order valence-electron chi connectivity index (χ1n) is 6.31. The van der Waals surface area contributed by atoms with Gasteiger partial charge >= 0.3 is 6.18 Å². The van der Waals surface area contributed by atoms with Gasteiger partial charge in [-0.1, -0.05) is 23.7 Å². The highest BCUT2D eigenvalue weighted by Crippen LogP contribution is 2.35. The van der Waals surface area contributed by atoms with E-state index in [0.717, 1.165) is 6.07 Å². The zero-order chi connectivity index (χ0) is 17.0. The first-order valence-corrected chi connectivity index (χ1v) is 7.77. The van der Waals surface area contributed by atoms with Crippen LogP contribution >= 0.6 is 34.2 Å². The molecule has 0 saturated carbocycles. The van der Waals surface area contributed by atoms with Crippen LogP contribution in [0.1, 0.15) is 5.56 Å². The maximum Gasteiger partial charge on any atom is 0.418 e. The SMILES string of the molecule is O=C(COc1ccccc1Cl)Nc1ccc(I)cc1C(F)(F)F. The summed E-state index contributed by atoms with van der Waals surface area (Å²) >= 11 is 7.64. The van der Waals surface area contributed by atoms with Crippen molar-refractivity contribution in [1.82, 2.24) is 0 Å². The highest BCUT2D eigenvalue weighted by Gasteiger charge is 2.34. The van der Waals surface area contributed by atoms with Gasteiger partial charge in [0.05, 0.1) is 16.3 Å². The van der Waals surface area contributed by atoms with E-state index in [1.807, 2.05) is 0 Å². The fourth-order valence-electron chi connectivity index (χ4n) is 1.75. The second-order valence-electron chi connectivity index (χ2n) is 4.45. The molecule has 0 spiro atoms. The predicted octanol–water partition coefficient (Wildman–Crippen LogP) is 4.98. The molecule has 1 amide bonds. The number of para-hydroxylation sites is 1. The molecule has 0 aromatic heterocycles. The van der Waals surface area contributed by atoms with Crippen LogP contribution in [0.15, 0.2) is 42.5 Å². The van der Waals surface area contributed by atoms with Crippen LogP contribution in [0.3, 0.4) is 0 Å². The second kappa shape index (κ2) is 7.39. The van der Waals surface area contributed by atoms with E-state index in [1.54, 1.807) is 46.9 Å². The minimum Gasteiger partial charge on any atom is -0.482 e. The number of benzene rings is 2. The van der Waals surface area contributed by atoms with Gasteiger partial charge < -0.3 is 10.1 Å². The molecule has 0 unspecified atom stereocenters. The van der Waals surface area contributed by atoms with Gasteiger partial charge in [-0.3, -0.25) is 4.79 Å². The Labute approximate surface area is 148 Å². The Balaban J connectivity index is 2.08. The van der Waals surface area contributed by atoms with E-state index in [2.05, 4.69) is 5.32 Å². The van der Waals surface area contributed by atoms with Crippen molar-refractivity contribution in [3.05, 3.63) is 56.6 Å². The lowest BCUT2D eigenvalue weighted by Gasteiger charge is -2.14. The number of hydrogen-bond acceptors (Lipinski definition) is 2. The molecule has 0 radical (unpaired) electrons. The van der Waals surface area contributed by atoms with Gasteiger partial charge in [0.25, 0.3) is 5.91 Å². The molecule has 0 saturated heterocycles. The lowest BCUT2D eigenvalue weighted by Crippen LogP contribution is -2.22.